The van der Waals surface area contributed by atoms with Gasteiger partial charge in [-0.3, -0.25) is 9.36 Å². The molecule has 28 heavy (non-hydrogen) atoms. The Hall–Kier alpha value is -2.33. The van der Waals surface area contributed by atoms with Crippen molar-refractivity contribution >= 4 is 45.9 Å². The lowest BCUT2D eigenvalue weighted by Gasteiger charge is -2.10. The molecule has 1 amide bonds. The van der Waals surface area contributed by atoms with Crippen LogP contribution in [0.3, 0.4) is 0 Å². The Balaban J connectivity index is 1.74. The standard InChI is InChI=1S/C20H19IN4O2S/c1-3-10-25-19(15-6-4-5-7-17(15)26)23-24-20(25)28-12-18(27)22-16-9-8-14(21)11-13(16)2/h3-9,11,26H,1,10,12H2,2H3,(H,22,27). The predicted octanol–water partition coefficient (Wildman–Crippen LogP) is 4.48. The van der Waals surface area contributed by atoms with E-state index in [4.69, 9.17) is 0 Å². The Kier molecular flexibility index (Phi) is 6.74. The number of phenols is 1. The highest BCUT2D eigenvalue weighted by Crippen LogP contribution is 2.30. The zero-order chi connectivity index (χ0) is 20.1. The van der Waals surface area contributed by atoms with E-state index in [1.54, 1.807) is 24.3 Å². The predicted molar refractivity (Wildman–Crippen MR) is 121 cm³/mol. The van der Waals surface area contributed by atoms with Crippen molar-refractivity contribution in [1.29, 1.82) is 0 Å². The number of carbonyl (C=O) groups excluding carboxylic acids is 1. The molecule has 0 aliphatic heterocycles. The second-order valence-electron chi connectivity index (χ2n) is 6.02. The number of aryl methyl sites for hydroxylation is 1. The van der Waals surface area contributed by atoms with Gasteiger partial charge in [0.1, 0.15) is 5.75 Å². The molecule has 0 fully saturated rings. The van der Waals surface area contributed by atoms with Crippen molar-refractivity contribution in [3.63, 3.8) is 0 Å². The van der Waals surface area contributed by atoms with Crippen LogP contribution < -0.4 is 5.32 Å². The minimum absolute atomic E-state index is 0.119. The lowest BCUT2D eigenvalue weighted by atomic mass is 10.2. The summed E-state index contributed by atoms with van der Waals surface area (Å²) in [5.74, 6) is 0.742. The molecule has 3 aromatic rings. The molecule has 8 heteroatoms. The zero-order valence-electron chi connectivity index (χ0n) is 15.2. The molecule has 0 spiro atoms. The van der Waals surface area contributed by atoms with E-state index >= 15 is 0 Å². The summed E-state index contributed by atoms with van der Waals surface area (Å²) in [6.45, 7) is 6.21. The summed E-state index contributed by atoms with van der Waals surface area (Å²) in [4.78, 5) is 12.4. The normalized spacial score (nSPS) is 10.6. The maximum Gasteiger partial charge on any atom is 0.234 e. The number of hydrogen-bond acceptors (Lipinski definition) is 5. The van der Waals surface area contributed by atoms with Crippen LogP contribution in [-0.4, -0.2) is 31.5 Å². The lowest BCUT2D eigenvalue weighted by Crippen LogP contribution is -2.15. The molecule has 144 valence electrons. The van der Waals surface area contributed by atoms with Gasteiger partial charge in [-0.1, -0.05) is 30.0 Å². The Labute approximate surface area is 181 Å². The number of anilines is 1. The first-order valence-electron chi connectivity index (χ1n) is 8.51. The smallest absolute Gasteiger partial charge is 0.234 e. The van der Waals surface area contributed by atoms with Gasteiger partial charge in [-0.2, -0.15) is 0 Å². The van der Waals surface area contributed by atoms with E-state index in [0.29, 0.717) is 23.1 Å². The van der Waals surface area contributed by atoms with Gasteiger partial charge >= 0.3 is 0 Å². The van der Waals surface area contributed by atoms with Gasteiger partial charge in [-0.25, -0.2) is 0 Å². The van der Waals surface area contributed by atoms with Crippen LogP contribution in [0.2, 0.25) is 0 Å². The minimum Gasteiger partial charge on any atom is -0.507 e. The van der Waals surface area contributed by atoms with Crippen LogP contribution in [0.1, 0.15) is 5.56 Å². The number of nitrogens with one attached hydrogen (secondary N) is 1. The summed E-state index contributed by atoms with van der Waals surface area (Å²) in [6, 6.07) is 12.8. The summed E-state index contributed by atoms with van der Waals surface area (Å²) in [5.41, 5.74) is 2.40. The molecule has 0 atom stereocenters. The average molecular weight is 506 g/mol. The summed E-state index contributed by atoms with van der Waals surface area (Å²) >= 11 is 3.53. The van der Waals surface area contributed by atoms with Crippen molar-refractivity contribution in [3.05, 3.63) is 64.3 Å². The summed E-state index contributed by atoms with van der Waals surface area (Å²) < 4.78 is 2.95. The van der Waals surface area contributed by atoms with Crippen LogP contribution in [0, 0.1) is 10.5 Å². The number of allylic oxidation sites excluding steroid dienone is 1. The molecule has 0 bridgehead atoms. The van der Waals surface area contributed by atoms with Crippen LogP contribution in [0.4, 0.5) is 5.69 Å². The van der Waals surface area contributed by atoms with Crippen molar-refractivity contribution in [2.75, 3.05) is 11.1 Å². The molecule has 0 radical (unpaired) electrons. The minimum atomic E-state index is -0.119. The van der Waals surface area contributed by atoms with E-state index in [9.17, 15) is 9.90 Å². The number of thioether (sulfide) groups is 1. The highest BCUT2D eigenvalue weighted by molar-refractivity contribution is 14.1. The molecule has 1 aromatic heterocycles. The van der Waals surface area contributed by atoms with Crippen LogP contribution in [0.5, 0.6) is 5.75 Å². The number of halogens is 1. The Bertz CT molecular complexity index is 1020. The topological polar surface area (TPSA) is 80.0 Å². The number of rotatable bonds is 7. The van der Waals surface area contributed by atoms with Crippen molar-refractivity contribution in [1.82, 2.24) is 14.8 Å². The number of phenolic OH excluding ortho intramolecular Hbond substituents is 1. The first-order valence-corrected chi connectivity index (χ1v) is 10.6. The third-order valence-corrected chi connectivity index (χ3v) is 5.61. The van der Waals surface area contributed by atoms with E-state index in [1.807, 2.05) is 35.8 Å². The summed E-state index contributed by atoms with van der Waals surface area (Å²) in [7, 11) is 0. The number of hydrogen-bond donors (Lipinski definition) is 2. The van der Waals surface area contributed by atoms with Crippen molar-refractivity contribution < 1.29 is 9.90 Å². The Morgan fingerprint density at radius 1 is 1.32 bits per heavy atom. The van der Waals surface area contributed by atoms with Crippen molar-refractivity contribution in [2.45, 2.75) is 18.6 Å². The van der Waals surface area contributed by atoms with Crippen molar-refractivity contribution in [3.8, 4) is 17.1 Å². The highest BCUT2D eigenvalue weighted by Gasteiger charge is 2.17. The average Bonchev–Trinajstić information content (AvgIpc) is 3.06. The van der Waals surface area contributed by atoms with Crippen LogP contribution in [-0.2, 0) is 11.3 Å². The van der Waals surface area contributed by atoms with Gasteiger partial charge in [-0.15, -0.1) is 16.8 Å². The molecule has 2 N–H and O–H groups in total. The molecule has 0 saturated carbocycles. The van der Waals surface area contributed by atoms with E-state index in [1.165, 1.54) is 11.8 Å². The van der Waals surface area contributed by atoms with Crippen LogP contribution in [0.25, 0.3) is 11.4 Å². The molecule has 6 nitrogen and oxygen atoms in total. The van der Waals surface area contributed by atoms with Gasteiger partial charge in [0, 0.05) is 15.8 Å². The SMILES string of the molecule is C=CCn1c(SCC(=O)Nc2ccc(I)cc2C)nnc1-c1ccccc1O. The summed E-state index contributed by atoms with van der Waals surface area (Å²) in [6.07, 6.45) is 1.73. The monoisotopic (exact) mass is 506 g/mol. The van der Waals surface area contributed by atoms with Gasteiger partial charge in [0.05, 0.1) is 11.3 Å². The number of aromatic nitrogens is 3. The number of benzene rings is 2. The molecular weight excluding hydrogens is 487 g/mol. The fraction of sp³-hybridized carbons (Fsp3) is 0.150. The lowest BCUT2D eigenvalue weighted by molar-refractivity contribution is -0.113. The zero-order valence-corrected chi connectivity index (χ0v) is 18.2. The Morgan fingerprint density at radius 3 is 2.82 bits per heavy atom. The number of nitrogens with zero attached hydrogens (tertiary/aromatic N) is 3. The van der Waals surface area contributed by atoms with E-state index in [2.05, 4.69) is 44.7 Å². The first-order chi connectivity index (χ1) is 13.5. The fourth-order valence-electron chi connectivity index (χ4n) is 2.63. The third kappa shape index (κ3) is 4.74. The molecule has 3 rings (SSSR count). The third-order valence-electron chi connectivity index (χ3n) is 3.97. The molecule has 0 saturated heterocycles. The van der Waals surface area contributed by atoms with Crippen LogP contribution in [0.15, 0.2) is 60.3 Å². The van der Waals surface area contributed by atoms with E-state index < -0.39 is 0 Å². The second-order valence-corrected chi connectivity index (χ2v) is 8.21. The van der Waals surface area contributed by atoms with Gasteiger partial charge in [0.15, 0.2) is 11.0 Å². The largest absolute Gasteiger partial charge is 0.507 e. The second kappa shape index (κ2) is 9.24. The maximum absolute atomic E-state index is 12.4. The molecule has 0 aliphatic rings. The van der Waals surface area contributed by atoms with Gasteiger partial charge in [0.25, 0.3) is 0 Å². The molecular formula is C20H19IN4O2S. The number of amides is 1. The number of para-hydroxylation sites is 1. The van der Waals surface area contributed by atoms with Gasteiger partial charge < -0.3 is 10.4 Å². The van der Waals surface area contributed by atoms with E-state index in [-0.39, 0.29) is 17.4 Å². The van der Waals surface area contributed by atoms with Crippen LogP contribution >= 0.6 is 34.4 Å². The highest BCUT2D eigenvalue weighted by atomic mass is 127. The van der Waals surface area contributed by atoms with Gasteiger partial charge in [0.2, 0.25) is 5.91 Å². The van der Waals surface area contributed by atoms with Gasteiger partial charge in [-0.05, 0) is 65.4 Å². The summed E-state index contributed by atoms with van der Waals surface area (Å²) in [5, 5.41) is 22.0. The number of aromatic hydroxyl groups is 1. The molecule has 0 unspecified atom stereocenters. The fourth-order valence-corrected chi connectivity index (χ4v) is 4.03. The van der Waals surface area contributed by atoms with E-state index in [0.717, 1.165) is 14.8 Å². The maximum atomic E-state index is 12.4. The molecule has 2 aromatic carbocycles. The van der Waals surface area contributed by atoms with Crippen molar-refractivity contribution in [2.24, 2.45) is 0 Å². The first kappa shape index (κ1) is 20.4. The Morgan fingerprint density at radius 2 is 2.11 bits per heavy atom. The number of carbonyl (C=O) groups is 1. The quantitative estimate of drug-likeness (QED) is 0.281. The molecule has 1 heterocycles. The molecule has 0 aliphatic carbocycles.